The van der Waals surface area contributed by atoms with Crippen LogP contribution >= 0.6 is 0 Å². The topological polar surface area (TPSA) is 21.6 Å². The Labute approximate surface area is 131 Å². The average molecular weight is 299 g/mol. The molecule has 0 aliphatic heterocycles. The minimum Gasteiger partial charge on any atom is -0.494 e. The lowest BCUT2D eigenvalue weighted by Gasteiger charge is -2.04. The second-order valence-corrected chi connectivity index (χ2v) is 5.18. The number of unbranched alkanes of at least 4 members (excludes halogenated alkanes) is 1. The van der Waals surface area contributed by atoms with Gasteiger partial charge in [0.05, 0.1) is 6.61 Å². The standard InChI is InChI=1S/C19H22FNO/c1-2-3-14-22-19-10-6-17(7-11-19)15-21-13-12-16-4-8-18(20)9-5-16/h4-11,15H,2-3,12-14H2,1H3/b21-15+. The third kappa shape index (κ3) is 5.68. The molecule has 0 aliphatic rings. The van der Waals surface area contributed by atoms with Gasteiger partial charge in [0, 0.05) is 12.8 Å². The van der Waals surface area contributed by atoms with Crippen LogP contribution < -0.4 is 4.74 Å². The van der Waals surface area contributed by atoms with Crippen LogP contribution in [0.4, 0.5) is 4.39 Å². The lowest BCUT2D eigenvalue weighted by atomic mass is 10.1. The summed E-state index contributed by atoms with van der Waals surface area (Å²) in [6.07, 6.45) is 4.89. The molecule has 2 rings (SSSR count). The number of hydrogen-bond acceptors (Lipinski definition) is 2. The van der Waals surface area contributed by atoms with Crippen molar-refractivity contribution in [2.45, 2.75) is 26.2 Å². The molecule has 0 saturated heterocycles. The Kier molecular flexibility index (Phi) is 6.62. The van der Waals surface area contributed by atoms with Gasteiger partial charge in [-0.1, -0.05) is 25.5 Å². The highest BCUT2D eigenvalue weighted by molar-refractivity contribution is 5.79. The van der Waals surface area contributed by atoms with Crippen molar-refractivity contribution in [1.29, 1.82) is 0 Å². The summed E-state index contributed by atoms with van der Waals surface area (Å²) in [4.78, 5) is 4.40. The van der Waals surface area contributed by atoms with Gasteiger partial charge in [0.15, 0.2) is 0 Å². The second-order valence-electron chi connectivity index (χ2n) is 5.18. The molecule has 2 aromatic carbocycles. The molecule has 0 atom stereocenters. The molecule has 2 nitrogen and oxygen atoms in total. The molecule has 0 spiro atoms. The van der Waals surface area contributed by atoms with Gasteiger partial charge in [0.25, 0.3) is 0 Å². The number of rotatable bonds is 8. The van der Waals surface area contributed by atoms with Crippen LogP contribution in [0.2, 0.25) is 0 Å². The summed E-state index contributed by atoms with van der Waals surface area (Å²) in [5.74, 6) is 0.699. The Balaban J connectivity index is 1.76. The first-order chi connectivity index (χ1) is 10.8. The molecule has 22 heavy (non-hydrogen) atoms. The van der Waals surface area contributed by atoms with Crippen LogP contribution in [0.15, 0.2) is 53.5 Å². The van der Waals surface area contributed by atoms with Crippen LogP contribution in [-0.2, 0) is 6.42 Å². The summed E-state index contributed by atoms with van der Waals surface area (Å²) >= 11 is 0. The summed E-state index contributed by atoms with van der Waals surface area (Å²) in [6, 6.07) is 14.5. The van der Waals surface area contributed by atoms with Crippen molar-refractivity contribution in [1.82, 2.24) is 0 Å². The predicted octanol–water partition coefficient (Wildman–Crippen LogP) is 4.67. The minimum atomic E-state index is -0.200. The number of hydrogen-bond donors (Lipinski definition) is 0. The molecule has 0 aromatic heterocycles. The number of nitrogens with zero attached hydrogens (tertiary/aromatic N) is 1. The molecule has 0 radical (unpaired) electrons. The molecule has 0 unspecified atom stereocenters. The largest absolute Gasteiger partial charge is 0.494 e. The third-order valence-electron chi connectivity index (χ3n) is 3.33. The van der Waals surface area contributed by atoms with E-state index < -0.39 is 0 Å². The molecule has 2 aromatic rings. The highest BCUT2D eigenvalue weighted by Crippen LogP contribution is 2.11. The molecule has 0 aliphatic carbocycles. The van der Waals surface area contributed by atoms with E-state index in [4.69, 9.17) is 4.74 Å². The first-order valence-corrected chi connectivity index (χ1v) is 7.75. The van der Waals surface area contributed by atoms with Gasteiger partial charge in [-0.05, 0) is 60.4 Å². The van der Waals surface area contributed by atoms with Gasteiger partial charge in [0.2, 0.25) is 0 Å². The summed E-state index contributed by atoms with van der Waals surface area (Å²) in [5, 5.41) is 0. The maximum absolute atomic E-state index is 12.8. The summed E-state index contributed by atoms with van der Waals surface area (Å²) < 4.78 is 18.4. The maximum atomic E-state index is 12.8. The first kappa shape index (κ1) is 16.2. The highest BCUT2D eigenvalue weighted by atomic mass is 19.1. The lowest BCUT2D eigenvalue weighted by molar-refractivity contribution is 0.309. The van der Waals surface area contributed by atoms with Crippen molar-refractivity contribution in [2.24, 2.45) is 4.99 Å². The molecule has 0 N–H and O–H groups in total. The fourth-order valence-corrected chi connectivity index (χ4v) is 2.00. The van der Waals surface area contributed by atoms with Gasteiger partial charge in [-0.3, -0.25) is 4.99 Å². The van der Waals surface area contributed by atoms with Crippen LogP contribution in [0.3, 0.4) is 0 Å². The van der Waals surface area contributed by atoms with Crippen molar-refractivity contribution in [3.63, 3.8) is 0 Å². The molecule has 3 heteroatoms. The number of halogens is 1. The van der Waals surface area contributed by atoms with E-state index in [-0.39, 0.29) is 5.82 Å². The molecule has 0 bridgehead atoms. The van der Waals surface area contributed by atoms with Crippen molar-refractivity contribution in [2.75, 3.05) is 13.2 Å². The van der Waals surface area contributed by atoms with Crippen molar-refractivity contribution < 1.29 is 9.13 Å². The monoisotopic (exact) mass is 299 g/mol. The summed E-state index contributed by atoms with van der Waals surface area (Å²) in [5.41, 5.74) is 2.15. The van der Waals surface area contributed by atoms with Crippen molar-refractivity contribution >= 4 is 6.21 Å². The molecule has 0 heterocycles. The average Bonchev–Trinajstić information content (AvgIpc) is 2.55. The normalized spacial score (nSPS) is 11.0. The van der Waals surface area contributed by atoms with Crippen LogP contribution in [0.1, 0.15) is 30.9 Å². The van der Waals surface area contributed by atoms with Gasteiger partial charge in [-0.2, -0.15) is 0 Å². The van der Waals surface area contributed by atoms with Crippen LogP contribution in [0.25, 0.3) is 0 Å². The smallest absolute Gasteiger partial charge is 0.123 e. The first-order valence-electron chi connectivity index (χ1n) is 7.75. The van der Waals surface area contributed by atoms with E-state index in [1.54, 1.807) is 12.1 Å². The van der Waals surface area contributed by atoms with Crippen LogP contribution in [0, 0.1) is 5.82 Å². The van der Waals surface area contributed by atoms with E-state index in [1.165, 1.54) is 12.1 Å². The number of ether oxygens (including phenoxy) is 1. The molecule has 0 fully saturated rings. The Morgan fingerprint density at radius 2 is 1.77 bits per heavy atom. The van der Waals surface area contributed by atoms with E-state index >= 15 is 0 Å². The SMILES string of the molecule is CCCCOc1ccc(/C=N/CCc2ccc(F)cc2)cc1. The summed E-state index contributed by atoms with van der Waals surface area (Å²) in [6.45, 7) is 3.61. The molecular formula is C19H22FNO. The highest BCUT2D eigenvalue weighted by Gasteiger charge is 1.95. The molecular weight excluding hydrogens is 277 g/mol. The fraction of sp³-hybridized carbons (Fsp3) is 0.316. The van der Waals surface area contributed by atoms with Gasteiger partial charge in [-0.25, -0.2) is 4.39 Å². The Bertz CT molecular complexity index is 575. The van der Waals surface area contributed by atoms with E-state index in [9.17, 15) is 4.39 Å². The van der Waals surface area contributed by atoms with Gasteiger partial charge < -0.3 is 4.74 Å². The van der Waals surface area contributed by atoms with E-state index in [0.717, 1.165) is 42.7 Å². The Morgan fingerprint density at radius 1 is 1.05 bits per heavy atom. The zero-order chi connectivity index (χ0) is 15.6. The van der Waals surface area contributed by atoms with Crippen molar-refractivity contribution in [3.8, 4) is 5.75 Å². The van der Waals surface area contributed by atoms with Gasteiger partial charge >= 0.3 is 0 Å². The number of benzene rings is 2. The van der Waals surface area contributed by atoms with Crippen LogP contribution in [-0.4, -0.2) is 19.4 Å². The minimum absolute atomic E-state index is 0.200. The Morgan fingerprint density at radius 3 is 2.45 bits per heavy atom. The van der Waals surface area contributed by atoms with Crippen LogP contribution in [0.5, 0.6) is 5.75 Å². The van der Waals surface area contributed by atoms with E-state index in [0.29, 0.717) is 6.54 Å². The molecule has 0 saturated carbocycles. The number of aliphatic imine (C=N–C) groups is 1. The predicted molar refractivity (Wildman–Crippen MR) is 89.4 cm³/mol. The van der Waals surface area contributed by atoms with E-state index in [1.807, 2.05) is 30.5 Å². The second kappa shape index (κ2) is 8.98. The van der Waals surface area contributed by atoms with Gasteiger partial charge in [-0.15, -0.1) is 0 Å². The van der Waals surface area contributed by atoms with Crippen molar-refractivity contribution in [3.05, 3.63) is 65.5 Å². The maximum Gasteiger partial charge on any atom is 0.123 e. The quantitative estimate of drug-likeness (QED) is 0.513. The zero-order valence-corrected chi connectivity index (χ0v) is 13.0. The molecule has 116 valence electrons. The lowest BCUT2D eigenvalue weighted by Crippen LogP contribution is -1.96. The third-order valence-corrected chi connectivity index (χ3v) is 3.33. The fourth-order valence-electron chi connectivity index (χ4n) is 2.00. The zero-order valence-electron chi connectivity index (χ0n) is 13.0. The Hall–Kier alpha value is -2.16. The van der Waals surface area contributed by atoms with Gasteiger partial charge in [0.1, 0.15) is 11.6 Å². The molecule has 0 amide bonds. The summed E-state index contributed by atoms with van der Waals surface area (Å²) in [7, 11) is 0. The van der Waals surface area contributed by atoms with E-state index in [2.05, 4.69) is 11.9 Å².